The molecule has 0 aliphatic carbocycles. The highest BCUT2D eigenvalue weighted by Crippen LogP contribution is 2.19. The van der Waals surface area contributed by atoms with E-state index in [2.05, 4.69) is 29.4 Å². The normalized spacial score (nSPS) is 10.2. The van der Waals surface area contributed by atoms with Crippen LogP contribution in [0.2, 0.25) is 0 Å². The van der Waals surface area contributed by atoms with Gasteiger partial charge in [0.25, 0.3) is 5.91 Å². The SMILES string of the molecule is C=C(Cl)C(=O)N(CCCC)Cc1ccccc1Br. The lowest BCUT2D eigenvalue weighted by molar-refractivity contribution is -0.127. The van der Waals surface area contributed by atoms with Crippen molar-refractivity contribution in [2.24, 2.45) is 0 Å². The third-order valence-electron chi connectivity index (χ3n) is 2.62. The Hall–Kier alpha value is -0.800. The molecule has 0 saturated carbocycles. The van der Waals surface area contributed by atoms with E-state index in [-0.39, 0.29) is 10.9 Å². The standard InChI is InChI=1S/C14H17BrClNO/c1-3-4-9-17(14(18)11(2)16)10-12-7-5-6-8-13(12)15/h5-8H,2-4,9-10H2,1H3. The number of unbranched alkanes of at least 4 members (excludes halogenated alkanes) is 1. The van der Waals surface area contributed by atoms with E-state index in [0.29, 0.717) is 13.1 Å². The quantitative estimate of drug-likeness (QED) is 0.711. The number of carbonyl (C=O) groups is 1. The van der Waals surface area contributed by atoms with Gasteiger partial charge in [0.2, 0.25) is 0 Å². The van der Waals surface area contributed by atoms with Crippen LogP contribution in [0, 0.1) is 0 Å². The molecule has 0 atom stereocenters. The van der Waals surface area contributed by atoms with E-state index < -0.39 is 0 Å². The third-order valence-corrected chi connectivity index (χ3v) is 3.56. The molecule has 0 fully saturated rings. The van der Waals surface area contributed by atoms with E-state index in [1.165, 1.54) is 0 Å². The van der Waals surface area contributed by atoms with Gasteiger partial charge in [-0.2, -0.15) is 0 Å². The Labute approximate surface area is 122 Å². The number of carbonyl (C=O) groups excluding carboxylic acids is 1. The summed E-state index contributed by atoms with van der Waals surface area (Å²) < 4.78 is 1.000. The molecule has 0 bridgehead atoms. The Morgan fingerprint density at radius 2 is 2.11 bits per heavy atom. The zero-order chi connectivity index (χ0) is 13.5. The van der Waals surface area contributed by atoms with Crippen molar-refractivity contribution in [3.8, 4) is 0 Å². The fourth-order valence-corrected chi connectivity index (χ4v) is 2.13. The number of nitrogens with zero attached hydrogens (tertiary/aromatic N) is 1. The number of amides is 1. The van der Waals surface area contributed by atoms with Crippen molar-refractivity contribution in [1.29, 1.82) is 0 Å². The van der Waals surface area contributed by atoms with Crippen LogP contribution in [0.4, 0.5) is 0 Å². The van der Waals surface area contributed by atoms with Crippen LogP contribution in [-0.4, -0.2) is 17.4 Å². The van der Waals surface area contributed by atoms with E-state index in [9.17, 15) is 4.79 Å². The largest absolute Gasteiger partial charge is 0.334 e. The maximum atomic E-state index is 11.9. The summed E-state index contributed by atoms with van der Waals surface area (Å²) >= 11 is 9.20. The van der Waals surface area contributed by atoms with Crippen LogP contribution < -0.4 is 0 Å². The van der Waals surface area contributed by atoms with Crippen molar-refractivity contribution < 1.29 is 4.79 Å². The zero-order valence-corrected chi connectivity index (χ0v) is 12.8. The molecule has 1 amide bonds. The van der Waals surface area contributed by atoms with Gasteiger partial charge in [-0.15, -0.1) is 0 Å². The first-order valence-corrected chi connectivity index (χ1v) is 7.10. The van der Waals surface area contributed by atoms with Crippen LogP contribution >= 0.6 is 27.5 Å². The highest BCUT2D eigenvalue weighted by molar-refractivity contribution is 9.10. The molecule has 0 unspecified atom stereocenters. The van der Waals surface area contributed by atoms with Gasteiger partial charge in [0.15, 0.2) is 0 Å². The van der Waals surface area contributed by atoms with Gasteiger partial charge < -0.3 is 4.90 Å². The average molecular weight is 331 g/mol. The molecule has 1 rings (SSSR count). The number of halogens is 2. The first-order valence-electron chi connectivity index (χ1n) is 5.93. The first-order chi connectivity index (χ1) is 8.56. The molecule has 2 nitrogen and oxygen atoms in total. The zero-order valence-electron chi connectivity index (χ0n) is 10.5. The monoisotopic (exact) mass is 329 g/mol. The maximum Gasteiger partial charge on any atom is 0.265 e. The first kappa shape index (κ1) is 15.3. The van der Waals surface area contributed by atoms with Gasteiger partial charge in [-0.1, -0.05) is 65.7 Å². The van der Waals surface area contributed by atoms with Crippen molar-refractivity contribution in [2.45, 2.75) is 26.3 Å². The van der Waals surface area contributed by atoms with Gasteiger partial charge in [0.1, 0.15) is 0 Å². The van der Waals surface area contributed by atoms with Crippen molar-refractivity contribution in [1.82, 2.24) is 4.90 Å². The van der Waals surface area contributed by atoms with E-state index in [1.54, 1.807) is 4.90 Å². The van der Waals surface area contributed by atoms with E-state index in [1.807, 2.05) is 24.3 Å². The van der Waals surface area contributed by atoms with Gasteiger partial charge in [0.05, 0.1) is 5.03 Å². The molecule has 0 aromatic heterocycles. The summed E-state index contributed by atoms with van der Waals surface area (Å²) in [7, 11) is 0. The second-order valence-electron chi connectivity index (χ2n) is 4.08. The molecule has 0 spiro atoms. The minimum Gasteiger partial charge on any atom is -0.334 e. The lowest BCUT2D eigenvalue weighted by atomic mass is 10.2. The lowest BCUT2D eigenvalue weighted by Gasteiger charge is -2.22. The molecule has 0 radical (unpaired) electrons. The Morgan fingerprint density at radius 3 is 2.67 bits per heavy atom. The van der Waals surface area contributed by atoms with E-state index >= 15 is 0 Å². The molecular formula is C14H17BrClNO. The molecule has 1 aromatic rings. The number of benzene rings is 1. The van der Waals surface area contributed by atoms with E-state index in [0.717, 1.165) is 22.9 Å². The van der Waals surface area contributed by atoms with Gasteiger partial charge in [-0.3, -0.25) is 4.79 Å². The van der Waals surface area contributed by atoms with Crippen LogP contribution in [0.5, 0.6) is 0 Å². The Kier molecular flexibility index (Phi) is 6.44. The van der Waals surface area contributed by atoms with Gasteiger partial charge in [-0.25, -0.2) is 0 Å². The van der Waals surface area contributed by atoms with Gasteiger partial charge >= 0.3 is 0 Å². The molecule has 0 aliphatic heterocycles. The fourth-order valence-electron chi connectivity index (χ4n) is 1.61. The second-order valence-corrected chi connectivity index (χ2v) is 5.39. The van der Waals surface area contributed by atoms with Crippen molar-refractivity contribution in [3.63, 3.8) is 0 Å². The molecule has 0 saturated heterocycles. The molecule has 98 valence electrons. The predicted octanol–water partition coefficient (Wildman–Crippen LogP) is 4.33. The molecule has 0 N–H and O–H groups in total. The van der Waals surface area contributed by atoms with Crippen LogP contribution in [-0.2, 0) is 11.3 Å². The molecule has 4 heteroatoms. The van der Waals surface area contributed by atoms with Crippen LogP contribution in [0.1, 0.15) is 25.3 Å². The summed E-state index contributed by atoms with van der Waals surface area (Å²) in [4.78, 5) is 13.7. The lowest BCUT2D eigenvalue weighted by Crippen LogP contribution is -2.31. The number of rotatable bonds is 6. The molecular weight excluding hydrogens is 314 g/mol. The Morgan fingerprint density at radius 1 is 1.44 bits per heavy atom. The maximum absolute atomic E-state index is 11.9. The predicted molar refractivity (Wildman–Crippen MR) is 79.5 cm³/mol. The summed E-state index contributed by atoms with van der Waals surface area (Å²) in [6, 6.07) is 7.87. The summed E-state index contributed by atoms with van der Waals surface area (Å²) in [6.07, 6.45) is 1.99. The van der Waals surface area contributed by atoms with Crippen LogP contribution in [0.3, 0.4) is 0 Å². The molecule has 0 aliphatic rings. The summed E-state index contributed by atoms with van der Waals surface area (Å²) in [5.41, 5.74) is 1.07. The van der Waals surface area contributed by atoms with Gasteiger partial charge in [0, 0.05) is 17.6 Å². The topological polar surface area (TPSA) is 20.3 Å². The average Bonchev–Trinajstić information content (AvgIpc) is 2.35. The minimum absolute atomic E-state index is 0.0677. The Bertz CT molecular complexity index is 434. The van der Waals surface area contributed by atoms with Crippen LogP contribution in [0.25, 0.3) is 0 Å². The molecule has 0 heterocycles. The van der Waals surface area contributed by atoms with Crippen molar-refractivity contribution >= 4 is 33.4 Å². The molecule has 18 heavy (non-hydrogen) atoms. The van der Waals surface area contributed by atoms with Crippen molar-refractivity contribution in [2.75, 3.05) is 6.54 Å². The summed E-state index contributed by atoms with van der Waals surface area (Å²) in [5, 5.41) is 0.0677. The van der Waals surface area contributed by atoms with Crippen LogP contribution in [0.15, 0.2) is 40.3 Å². The Balaban J connectivity index is 2.81. The summed E-state index contributed by atoms with van der Waals surface area (Å²) in [6.45, 7) is 6.85. The summed E-state index contributed by atoms with van der Waals surface area (Å²) in [5.74, 6) is -0.194. The third kappa shape index (κ3) is 4.46. The van der Waals surface area contributed by atoms with E-state index in [4.69, 9.17) is 11.6 Å². The molecule has 1 aromatic carbocycles. The minimum atomic E-state index is -0.194. The number of hydrogen-bond donors (Lipinski definition) is 0. The number of hydrogen-bond acceptors (Lipinski definition) is 1. The highest BCUT2D eigenvalue weighted by atomic mass is 79.9. The smallest absolute Gasteiger partial charge is 0.265 e. The fraction of sp³-hybridized carbons (Fsp3) is 0.357. The highest BCUT2D eigenvalue weighted by Gasteiger charge is 2.16. The van der Waals surface area contributed by atoms with Gasteiger partial charge in [-0.05, 0) is 18.1 Å². The second kappa shape index (κ2) is 7.59. The van der Waals surface area contributed by atoms with Crippen molar-refractivity contribution in [3.05, 3.63) is 45.9 Å².